The minimum Gasteiger partial charge on any atom is -0.369 e. The Hall–Kier alpha value is -1.84. The summed E-state index contributed by atoms with van der Waals surface area (Å²) in [6, 6.07) is 20.5. The minimum atomic E-state index is 0.728. The van der Waals surface area contributed by atoms with Gasteiger partial charge in [0.05, 0.1) is 0 Å². The number of aryl methyl sites for hydroxylation is 1. The third kappa shape index (κ3) is 4.11. The molecule has 0 saturated carbocycles. The van der Waals surface area contributed by atoms with Crippen LogP contribution in [-0.2, 0) is 6.54 Å². The molecule has 0 amide bonds. The zero-order chi connectivity index (χ0) is 17.8. The van der Waals surface area contributed by atoms with Crippen LogP contribution in [-0.4, -0.2) is 55.1 Å². The van der Waals surface area contributed by atoms with Gasteiger partial charge >= 0.3 is 0 Å². The average Bonchev–Trinajstić information content (AvgIpc) is 2.70. The van der Waals surface area contributed by atoms with Crippen molar-refractivity contribution in [3.05, 3.63) is 65.7 Å². The van der Waals surface area contributed by atoms with Gasteiger partial charge < -0.3 is 4.90 Å². The highest BCUT2D eigenvalue weighted by atomic mass is 15.3. The molecule has 2 heterocycles. The topological polar surface area (TPSA) is 9.72 Å². The number of piperidine rings is 1. The van der Waals surface area contributed by atoms with Crippen molar-refractivity contribution in [2.45, 2.75) is 32.4 Å². The van der Waals surface area contributed by atoms with Gasteiger partial charge in [0.25, 0.3) is 0 Å². The second kappa shape index (κ2) is 8.24. The lowest BCUT2D eigenvalue weighted by Gasteiger charge is -2.44. The van der Waals surface area contributed by atoms with Crippen LogP contribution in [0.2, 0.25) is 0 Å². The van der Waals surface area contributed by atoms with Crippen molar-refractivity contribution >= 4 is 5.69 Å². The van der Waals surface area contributed by atoms with E-state index in [9.17, 15) is 0 Å². The molecule has 2 aliphatic rings. The summed E-state index contributed by atoms with van der Waals surface area (Å²) in [5.41, 5.74) is 4.26. The molecule has 2 saturated heterocycles. The predicted octanol–water partition coefficient (Wildman–Crippen LogP) is 3.78. The van der Waals surface area contributed by atoms with Gasteiger partial charge in [-0.2, -0.15) is 0 Å². The van der Waals surface area contributed by atoms with Gasteiger partial charge in [0.1, 0.15) is 0 Å². The molecule has 0 bridgehead atoms. The van der Waals surface area contributed by atoms with Gasteiger partial charge in [-0.1, -0.05) is 48.5 Å². The van der Waals surface area contributed by atoms with Crippen LogP contribution in [0, 0.1) is 6.92 Å². The Labute approximate surface area is 158 Å². The van der Waals surface area contributed by atoms with Crippen molar-refractivity contribution in [2.24, 2.45) is 0 Å². The first-order valence-corrected chi connectivity index (χ1v) is 10.1. The van der Waals surface area contributed by atoms with Gasteiger partial charge in [0.2, 0.25) is 0 Å². The monoisotopic (exact) mass is 349 g/mol. The van der Waals surface area contributed by atoms with Crippen molar-refractivity contribution in [3.8, 4) is 0 Å². The Balaban J connectivity index is 1.32. The van der Waals surface area contributed by atoms with Crippen molar-refractivity contribution < 1.29 is 0 Å². The first kappa shape index (κ1) is 17.6. The van der Waals surface area contributed by atoms with Crippen LogP contribution in [0.5, 0.6) is 0 Å². The molecule has 3 heteroatoms. The molecule has 2 fully saturated rings. The largest absolute Gasteiger partial charge is 0.369 e. The van der Waals surface area contributed by atoms with Crippen molar-refractivity contribution in [1.82, 2.24) is 9.80 Å². The number of piperazine rings is 1. The Morgan fingerprint density at radius 3 is 2.35 bits per heavy atom. The zero-order valence-electron chi connectivity index (χ0n) is 16.0. The second-order valence-corrected chi connectivity index (χ2v) is 7.83. The van der Waals surface area contributed by atoms with E-state index < -0.39 is 0 Å². The van der Waals surface area contributed by atoms with Gasteiger partial charge in [0, 0.05) is 51.0 Å². The number of rotatable bonds is 4. The van der Waals surface area contributed by atoms with E-state index >= 15 is 0 Å². The normalized spacial score (nSPS) is 22.5. The number of hydrogen-bond acceptors (Lipinski definition) is 3. The number of para-hydroxylation sites is 1. The van der Waals surface area contributed by atoms with Gasteiger partial charge in [-0.25, -0.2) is 0 Å². The zero-order valence-corrected chi connectivity index (χ0v) is 16.0. The number of benzene rings is 2. The van der Waals surface area contributed by atoms with Crippen molar-refractivity contribution in [1.29, 1.82) is 0 Å². The average molecular weight is 350 g/mol. The summed E-state index contributed by atoms with van der Waals surface area (Å²) in [4.78, 5) is 7.96. The maximum atomic E-state index is 2.74. The minimum absolute atomic E-state index is 0.728. The summed E-state index contributed by atoms with van der Waals surface area (Å²) in [5.74, 6) is 0. The molecule has 0 aliphatic carbocycles. The molecule has 1 atom stereocenters. The quantitative estimate of drug-likeness (QED) is 0.832. The summed E-state index contributed by atoms with van der Waals surface area (Å²) in [7, 11) is 0. The lowest BCUT2D eigenvalue weighted by Crippen LogP contribution is -2.55. The molecular formula is C23H31N3. The smallest absolute Gasteiger partial charge is 0.0396 e. The first-order valence-electron chi connectivity index (χ1n) is 10.1. The second-order valence-electron chi connectivity index (χ2n) is 7.83. The van der Waals surface area contributed by atoms with E-state index in [2.05, 4.69) is 76.2 Å². The highest BCUT2D eigenvalue weighted by Crippen LogP contribution is 2.24. The molecule has 2 aromatic rings. The van der Waals surface area contributed by atoms with E-state index in [1.54, 1.807) is 0 Å². The molecule has 2 aromatic carbocycles. The van der Waals surface area contributed by atoms with Crippen LogP contribution in [0.25, 0.3) is 0 Å². The summed E-state index contributed by atoms with van der Waals surface area (Å²) < 4.78 is 0. The summed E-state index contributed by atoms with van der Waals surface area (Å²) >= 11 is 0. The number of anilines is 1. The van der Waals surface area contributed by atoms with Crippen LogP contribution < -0.4 is 4.90 Å². The van der Waals surface area contributed by atoms with E-state index in [0.717, 1.165) is 25.7 Å². The number of hydrogen-bond donors (Lipinski definition) is 0. The molecule has 4 rings (SSSR count). The fraction of sp³-hybridized carbons (Fsp3) is 0.478. The SMILES string of the molecule is Cc1ccccc1N1CCN(C2CCCN(Cc3ccccc3)C2)CC1. The standard InChI is InChI=1S/C23H31N3/c1-20-8-5-6-12-23(20)26-16-14-25(15-17-26)22-11-7-13-24(19-22)18-21-9-3-2-4-10-21/h2-6,8-10,12,22H,7,11,13-19H2,1H3. The molecule has 0 radical (unpaired) electrons. The number of nitrogens with zero attached hydrogens (tertiary/aromatic N) is 3. The van der Waals surface area contributed by atoms with Crippen LogP contribution in [0.15, 0.2) is 54.6 Å². The maximum Gasteiger partial charge on any atom is 0.0396 e. The highest BCUT2D eigenvalue weighted by Gasteiger charge is 2.28. The van der Waals surface area contributed by atoms with Crippen molar-refractivity contribution in [2.75, 3.05) is 44.2 Å². The molecule has 2 aliphatic heterocycles. The van der Waals surface area contributed by atoms with Crippen LogP contribution in [0.1, 0.15) is 24.0 Å². The third-order valence-corrected chi connectivity index (χ3v) is 6.02. The van der Waals surface area contributed by atoms with Gasteiger partial charge in [-0.05, 0) is 43.5 Å². The molecule has 0 aromatic heterocycles. The summed E-state index contributed by atoms with van der Waals surface area (Å²) in [5, 5.41) is 0. The van der Waals surface area contributed by atoms with Gasteiger partial charge in [-0.15, -0.1) is 0 Å². The molecule has 0 N–H and O–H groups in total. The van der Waals surface area contributed by atoms with Crippen LogP contribution >= 0.6 is 0 Å². The fourth-order valence-electron chi connectivity index (χ4n) is 4.56. The summed E-state index contributed by atoms with van der Waals surface area (Å²) in [6.45, 7) is 10.5. The molecule has 1 unspecified atom stereocenters. The Kier molecular flexibility index (Phi) is 5.57. The Bertz CT molecular complexity index is 692. The maximum absolute atomic E-state index is 2.74. The molecule has 0 spiro atoms. The van der Waals surface area contributed by atoms with Gasteiger partial charge in [-0.3, -0.25) is 9.80 Å². The van der Waals surface area contributed by atoms with E-state index in [4.69, 9.17) is 0 Å². The number of likely N-dealkylation sites (tertiary alicyclic amines) is 1. The van der Waals surface area contributed by atoms with E-state index in [0.29, 0.717) is 0 Å². The van der Waals surface area contributed by atoms with Gasteiger partial charge in [0.15, 0.2) is 0 Å². The van der Waals surface area contributed by atoms with E-state index in [1.165, 1.54) is 55.8 Å². The molecule has 26 heavy (non-hydrogen) atoms. The molecule has 3 nitrogen and oxygen atoms in total. The fourth-order valence-corrected chi connectivity index (χ4v) is 4.56. The lowest BCUT2D eigenvalue weighted by atomic mass is 10.0. The van der Waals surface area contributed by atoms with Crippen LogP contribution in [0.3, 0.4) is 0 Å². The predicted molar refractivity (Wildman–Crippen MR) is 110 cm³/mol. The third-order valence-electron chi connectivity index (χ3n) is 6.02. The van der Waals surface area contributed by atoms with Crippen LogP contribution in [0.4, 0.5) is 5.69 Å². The highest BCUT2D eigenvalue weighted by molar-refractivity contribution is 5.53. The van der Waals surface area contributed by atoms with Crippen molar-refractivity contribution in [3.63, 3.8) is 0 Å². The van der Waals surface area contributed by atoms with E-state index in [-0.39, 0.29) is 0 Å². The molecule has 138 valence electrons. The summed E-state index contributed by atoms with van der Waals surface area (Å²) in [6.07, 6.45) is 2.69. The lowest BCUT2D eigenvalue weighted by molar-refractivity contribution is 0.0887. The molecular weight excluding hydrogens is 318 g/mol. The first-order chi connectivity index (χ1) is 12.8. The Morgan fingerprint density at radius 2 is 1.58 bits per heavy atom. The van der Waals surface area contributed by atoms with E-state index in [1.807, 2.05) is 0 Å². The Morgan fingerprint density at radius 1 is 0.846 bits per heavy atom.